The lowest BCUT2D eigenvalue weighted by atomic mass is 10.1. The maximum Gasteiger partial charge on any atom is 0.349 e. The van der Waals surface area contributed by atoms with Crippen LogP contribution in [-0.4, -0.2) is 31.7 Å². The van der Waals surface area contributed by atoms with Gasteiger partial charge in [0.1, 0.15) is 11.3 Å². The Hall–Kier alpha value is -3.74. The van der Waals surface area contributed by atoms with Crippen molar-refractivity contribution >= 4 is 27.8 Å². The Kier molecular flexibility index (Phi) is 5.18. The normalized spacial score (nSPS) is 11.0. The van der Waals surface area contributed by atoms with Gasteiger partial charge in [0.05, 0.1) is 14.2 Å². The number of hydrogen-bond acceptors (Lipinski definition) is 5. The Balaban J connectivity index is 1.53. The summed E-state index contributed by atoms with van der Waals surface area (Å²) in [4.78, 5) is 28.3. The minimum atomic E-state index is -0.697. The molecule has 0 aliphatic carbocycles. The predicted molar refractivity (Wildman–Crippen MR) is 115 cm³/mol. The minimum Gasteiger partial charge on any atom is -0.497 e. The first kappa shape index (κ1) is 19.6. The first-order valence-electron chi connectivity index (χ1n) is 9.56. The molecule has 2 heterocycles. The van der Waals surface area contributed by atoms with Gasteiger partial charge in [-0.05, 0) is 49.2 Å². The topological polar surface area (TPSA) is 93.6 Å². The number of aromatic nitrogens is 1. The number of para-hydroxylation sites is 1. The zero-order valence-corrected chi connectivity index (χ0v) is 17.0. The van der Waals surface area contributed by atoms with Crippen LogP contribution >= 0.6 is 0 Å². The van der Waals surface area contributed by atoms with Gasteiger partial charge in [-0.25, -0.2) is 4.79 Å². The van der Waals surface area contributed by atoms with Gasteiger partial charge in [-0.1, -0.05) is 12.1 Å². The van der Waals surface area contributed by atoms with Crippen LogP contribution in [0.5, 0.6) is 11.5 Å². The van der Waals surface area contributed by atoms with Gasteiger partial charge in [0, 0.05) is 28.5 Å². The number of aromatic amines is 1. The van der Waals surface area contributed by atoms with E-state index < -0.39 is 11.5 Å². The van der Waals surface area contributed by atoms with Gasteiger partial charge < -0.3 is 24.2 Å². The predicted octanol–water partition coefficient (Wildman–Crippen LogP) is 3.57. The van der Waals surface area contributed by atoms with Crippen molar-refractivity contribution < 1.29 is 18.7 Å². The number of ether oxygens (including phenoxy) is 2. The summed E-state index contributed by atoms with van der Waals surface area (Å²) in [6, 6.07) is 12.6. The molecule has 7 heteroatoms. The molecular weight excluding hydrogens is 384 g/mol. The van der Waals surface area contributed by atoms with Crippen molar-refractivity contribution in [2.24, 2.45) is 0 Å². The van der Waals surface area contributed by atoms with E-state index in [1.807, 2.05) is 25.1 Å². The van der Waals surface area contributed by atoms with E-state index in [0.717, 1.165) is 27.9 Å². The van der Waals surface area contributed by atoms with Crippen LogP contribution in [0.1, 0.15) is 21.6 Å². The van der Waals surface area contributed by atoms with Gasteiger partial charge in [0.15, 0.2) is 11.3 Å². The first-order chi connectivity index (χ1) is 14.5. The van der Waals surface area contributed by atoms with Crippen molar-refractivity contribution in [1.29, 1.82) is 0 Å². The van der Waals surface area contributed by atoms with Gasteiger partial charge in [-0.15, -0.1) is 0 Å². The lowest BCUT2D eigenvalue weighted by molar-refractivity contribution is 0.0950. The summed E-state index contributed by atoms with van der Waals surface area (Å²) in [7, 11) is 3.13. The third-order valence-electron chi connectivity index (χ3n) is 5.18. The SMILES string of the molecule is COc1ccc2[nH]c(C)c(CCNC(=O)c3cc4cccc(OC)c4oc3=O)c2c1. The van der Waals surface area contributed by atoms with Crippen LogP contribution in [0.15, 0.2) is 51.7 Å². The average Bonchev–Trinajstić information content (AvgIpc) is 3.07. The highest BCUT2D eigenvalue weighted by Crippen LogP contribution is 2.27. The molecular formula is C23H22N2O5. The molecule has 4 rings (SSSR count). The molecule has 0 aliphatic rings. The minimum absolute atomic E-state index is 0.0342. The zero-order valence-electron chi connectivity index (χ0n) is 17.0. The first-order valence-corrected chi connectivity index (χ1v) is 9.56. The number of fused-ring (bicyclic) bond motifs is 2. The summed E-state index contributed by atoms with van der Waals surface area (Å²) in [5.74, 6) is 0.751. The van der Waals surface area contributed by atoms with E-state index in [0.29, 0.717) is 29.7 Å². The Morgan fingerprint density at radius 2 is 1.97 bits per heavy atom. The van der Waals surface area contributed by atoms with Gasteiger partial charge >= 0.3 is 5.63 Å². The fourth-order valence-electron chi connectivity index (χ4n) is 3.64. The molecule has 4 aromatic rings. The maximum absolute atomic E-state index is 12.6. The average molecular weight is 406 g/mol. The fraction of sp³-hybridized carbons (Fsp3) is 0.217. The molecule has 2 aromatic heterocycles. The van der Waals surface area contributed by atoms with Crippen LogP contribution in [0.4, 0.5) is 0 Å². The molecule has 0 unspecified atom stereocenters. The van der Waals surface area contributed by atoms with E-state index in [4.69, 9.17) is 13.9 Å². The van der Waals surface area contributed by atoms with E-state index >= 15 is 0 Å². The lowest BCUT2D eigenvalue weighted by Crippen LogP contribution is -2.30. The van der Waals surface area contributed by atoms with Crippen molar-refractivity contribution in [3.05, 3.63) is 69.7 Å². The molecule has 30 heavy (non-hydrogen) atoms. The highest BCUT2D eigenvalue weighted by atomic mass is 16.5. The zero-order chi connectivity index (χ0) is 21.3. The molecule has 0 spiro atoms. The van der Waals surface area contributed by atoms with E-state index in [1.165, 1.54) is 13.2 Å². The second kappa shape index (κ2) is 7.94. The molecule has 0 bridgehead atoms. The number of nitrogens with one attached hydrogen (secondary N) is 2. The highest BCUT2D eigenvalue weighted by molar-refractivity contribution is 5.97. The molecule has 2 aromatic carbocycles. The number of hydrogen-bond donors (Lipinski definition) is 2. The Labute approximate surface area is 172 Å². The van der Waals surface area contributed by atoms with Gasteiger partial charge in [-0.3, -0.25) is 4.79 Å². The summed E-state index contributed by atoms with van der Waals surface area (Å²) in [6.07, 6.45) is 0.609. The lowest BCUT2D eigenvalue weighted by Gasteiger charge is -2.07. The van der Waals surface area contributed by atoms with Gasteiger partial charge in [0.2, 0.25) is 0 Å². The van der Waals surface area contributed by atoms with E-state index in [-0.39, 0.29) is 5.56 Å². The summed E-state index contributed by atoms with van der Waals surface area (Å²) >= 11 is 0. The third-order valence-corrected chi connectivity index (χ3v) is 5.18. The van der Waals surface area contributed by atoms with E-state index in [1.54, 1.807) is 25.3 Å². The molecule has 0 saturated carbocycles. The Bertz CT molecular complexity index is 1300. The quantitative estimate of drug-likeness (QED) is 0.478. The summed E-state index contributed by atoms with van der Waals surface area (Å²) < 4.78 is 15.9. The molecule has 2 N–H and O–H groups in total. The van der Waals surface area contributed by atoms with Crippen LogP contribution in [0.25, 0.3) is 21.9 Å². The number of methoxy groups -OCH3 is 2. The fourth-order valence-corrected chi connectivity index (χ4v) is 3.64. The van der Waals surface area contributed by atoms with E-state index in [2.05, 4.69) is 10.3 Å². The Morgan fingerprint density at radius 1 is 1.13 bits per heavy atom. The van der Waals surface area contributed by atoms with Crippen LogP contribution in [0.3, 0.4) is 0 Å². The molecule has 1 amide bonds. The van der Waals surface area contributed by atoms with Gasteiger partial charge in [0.25, 0.3) is 5.91 Å². The van der Waals surface area contributed by atoms with E-state index in [9.17, 15) is 9.59 Å². The van der Waals surface area contributed by atoms with Crippen LogP contribution in [0, 0.1) is 6.92 Å². The second-order valence-corrected chi connectivity index (χ2v) is 6.97. The number of H-pyrrole nitrogens is 1. The molecule has 7 nitrogen and oxygen atoms in total. The summed E-state index contributed by atoms with van der Waals surface area (Å²) in [5.41, 5.74) is 2.73. The largest absolute Gasteiger partial charge is 0.497 e. The highest BCUT2D eigenvalue weighted by Gasteiger charge is 2.16. The van der Waals surface area contributed by atoms with Crippen LogP contribution < -0.4 is 20.4 Å². The molecule has 0 radical (unpaired) electrons. The second-order valence-electron chi connectivity index (χ2n) is 6.97. The van der Waals surface area contributed by atoms with Crippen LogP contribution in [0.2, 0.25) is 0 Å². The monoisotopic (exact) mass is 406 g/mol. The Morgan fingerprint density at radius 3 is 2.73 bits per heavy atom. The number of carbonyl (C=O) groups excluding carboxylic acids is 1. The molecule has 154 valence electrons. The molecule has 0 aliphatic heterocycles. The van der Waals surface area contributed by atoms with Crippen molar-refractivity contribution in [1.82, 2.24) is 10.3 Å². The van der Waals surface area contributed by atoms with Crippen LogP contribution in [-0.2, 0) is 6.42 Å². The number of rotatable bonds is 6. The maximum atomic E-state index is 12.6. The summed E-state index contributed by atoms with van der Waals surface area (Å²) in [6.45, 7) is 2.37. The van der Waals surface area contributed by atoms with Crippen molar-refractivity contribution in [3.8, 4) is 11.5 Å². The number of aryl methyl sites for hydroxylation is 1. The van der Waals surface area contributed by atoms with Crippen molar-refractivity contribution in [2.75, 3.05) is 20.8 Å². The smallest absolute Gasteiger partial charge is 0.349 e. The molecule has 0 saturated heterocycles. The molecule has 0 fully saturated rings. The van der Waals surface area contributed by atoms with Crippen molar-refractivity contribution in [2.45, 2.75) is 13.3 Å². The molecule has 0 atom stereocenters. The number of amides is 1. The number of carbonyl (C=O) groups is 1. The third kappa shape index (κ3) is 3.50. The number of benzene rings is 2. The summed E-state index contributed by atoms with van der Waals surface area (Å²) in [5, 5.41) is 4.49. The standard InChI is InChI=1S/C23H22N2O5/c1-13-16(17-12-15(28-2)7-8-19(17)25-13)9-10-24-22(26)18-11-14-5-4-6-20(29-3)21(14)30-23(18)27/h4-8,11-12,25H,9-10H2,1-3H3,(H,24,26). The van der Waals surface area contributed by atoms with Crippen molar-refractivity contribution in [3.63, 3.8) is 0 Å². The van der Waals surface area contributed by atoms with Gasteiger partial charge in [-0.2, -0.15) is 0 Å².